The molecule has 2 rings (SSSR count). The first-order valence-corrected chi connectivity index (χ1v) is 3.34. The third kappa shape index (κ3) is 0.809. The summed E-state index contributed by atoms with van der Waals surface area (Å²) >= 11 is 0. The van der Waals surface area contributed by atoms with Gasteiger partial charge in [-0.2, -0.15) is 0 Å². The van der Waals surface area contributed by atoms with Crippen LogP contribution in [-0.4, -0.2) is 12.4 Å². The van der Waals surface area contributed by atoms with Gasteiger partial charge in [-0.05, 0) is 12.1 Å². The Bertz CT molecular complexity index is 360. The maximum absolute atomic E-state index is 12.9. The molecule has 0 unspecified atom stereocenters. The van der Waals surface area contributed by atoms with Crippen molar-refractivity contribution >= 4 is 5.78 Å². The number of benzene rings is 1. The first-order chi connectivity index (χ1) is 5.70. The van der Waals surface area contributed by atoms with Crippen LogP contribution in [0.3, 0.4) is 0 Å². The van der Waals surface area contributed by atoms with Crippen molar-refractivity contribution in [2.45, 2.75) is 0 Å². The van der Waals surface area contributed by atoms with E-state index in [2.05, 4.69) is 4.74 Å². The molecule has 62 valence electrons. The Morgan fingerprint density at radius 2 is 1.92 bits per heavy atom. The number of ketones is 1. The molecule has 0 spiro atoms. The predicted molar refractivity (Wildman–Crippen MR) is 36.2 cm³/mol. The molecule has 4 heteroatoms. The summed E-state index contributed by atoms with van der Waals surface area (Å²) in [4.78, 5) is 10.9. The van der Waals surface area contributed by atoms with E-state index in [1.54, 1.807) is 0 Å². The van der Waals surface area contributed by atoms with E-state index in [4.69, 9.17) is 0 Å². The molecule has 0 amide bonds. The molecule has 1 aliphatic rings. The van der Waals surface area contributed by atoms with Crippen LogP contribution in [0.1, 0.15) is 10.4 Å². The Morgan fingerprint density at radius 1 is 1.25 bits per heavy atom. The molecule has 0 saturated carbocycles. The van der Waals surface area contributed by atoms with Crippen molar-refractivity contribution in [3.63, 3.8) is 0 Å². The zero-order valence-electron chi connectivity index (χ0n) is 5.93. The normalized spacial score (nSPS) is 14.3. The van der Waals surface area contributed by atoms with E-state index >= 15 is 0 Å². The zero-order valence-corrected chi connectivity index (χ0v) is 5.93. The molecule has 0 fully saturated rings. The number of ether oxygens (including phenoxy) is 1. The number of halogens is 2. The lowest BCUT2D eigenvalue weighted by molar-refractivity contribution is 0.0958. The molecule has 12 heavy (non-hydrogen) atoms. The van der Waals surface area contributed by atoms with Crippen LogP contribution >= 0.6 is 0 Å². The summed E-state index contributed by atoms with van der Waals surface area (Å²) in [6.07, 6.45) is 0. The van der Waals surface area contributed by atoms with E-state index in [1.165, 1.54) is 0 Å². The van der Waals surface area contributed by atoms with Gasteiger partial charge in [0.05, 0.1) is 0 Å². The summed E-state index contributed by atoms with van der Waals surface area (Å²) in [6, 6.07) is 1.85. The molecule has 2 nitrogen and oxygen atoms in total. The van der Waals surface area contributed by atoms with Gasteiger partial charge in [0.1, 0.15) is 11.4 Å². The number of fused-ring (bicyclic) bond motifs is 1. The first kappa shape index (κ1) is 7.21. The van der Waals surface area contributed by atoms with Crippen LogP contribution in [0.15, 0.2) is 12.1 Å². The largest absolute Gasteiger partial charge is 0.481 e. The maximum atomic E-state index is 12.9. The summed E-state index contributed by atoms with van der Waals surface area (Å²) in [7, 11) is 0. The number of rotatable bonds is 0. The van der Waals surface area contributed by atoms with Gasteiger partial charge in [0.2, 0.25) is 5.78 Å². The summed E-state index contributed by atoms with van der Waals surface area (Å²) in [5.41, 5.74) is -0.269. The van der Waals surface area contributed by atoms with Crippen molar-refractivity contribution in [2.75, 3.05) is 6.61 Å². The van der Waals surface area contributed by atoms with Crippen molar-refractivity contribution in [3.05, 3.63) is 29.3 Å². The lowest BCUT2D eigenvalue weighted by Crippen LogP contribution is -2.00. The van der Waals surface area contributed by atoms with Crippen LogP contribution in [0.2, 0.25) is 0 Å². The second-order valence-electron chi connectivity index (χ2n) is 2.45. The average molecular weight is 170 g/mol. The van der Waals surface area contributed by atoms with Crippen LogP contribution in [0, 0.1) is 11.6 Å². The Labute approximate surface area is 66.8 Å². The van der Waals surface area contributed by atoms with Gasteiger partial charge in [-0.1, -0.05) is 0 Å². The summed E-state index contributed by atoms with van der Waals surface area (Å²) in [5.74, 6) is -2.20. The fourth-order valence-electron chi connectivity index (χ4n) is 1.14. The van der Waals surface area contributed by atoms with Gasteiger partial charge in [0.25, 0.3) is 0 Å². The van der Waals surface area contributed by atoms with E-state index in [0.717, 1.165) is 12.1 Å². The second-order valence-corrected chi connectivity index (χ2v) is 2.45. The first-order valence-electron chi connectivity index (χ1n) is 3.34. The quantitative estimate of drug-likeness (QED) is 0.590. The van der Waals surface area contributed by atoms with Gasteiger partial charge in [0, 0.05) is 0 Å². The second kappa shape index (κ2) is 2.27. The van der Waals surface area contributed by atoms with Gasteiger partial charge in [-0.25, -0.2) is 8.78 Å². The SMILES string of the molecule is O=C1COc2c(F)ccc(F)c21. The molecule has 1 aromatic rings. The fourth-order valence-corrected chi connectivity index (χ4v) is 1.14. The maximum Gasteiger partial charge on any atom is 0.207 e. The van der Waals surface area contributed by atoms with E-state index in [0.29, 0.717) is 0 Å². The Hall–Kier alpha value is -1.45. The third-order valence-electron chi connectivity index (χ3n) is 1.69. The molecule has 1 aromatic carbocycles. The van der Waals surface area contributed by atoms with Gasteiger partial charge in [-0.3, -0.25) is 4.79 Å². The molecule has 0 bridgehead atoms. The average Bonchev–Trinajstić information content (AvgIpc) is 2.42. The highest BCUT2D eigenvalue weighted by atomic mass is 19.1. The zero-order chi connectivity index (χ0) is 8.72. The highest BCUT2D eigenvalue weighted by Gasteiger charge is 2.28. The minimum Gasteiger partial charge on any atom is -0.481 e. The van der Waals surface area contributed by atoms with Gasteiger partial charge in [0.15, 0.2) is 18.2 Å². The lowest BCUT2D eigenvalue weighted by atomic mass is 10.1. The standard InChI is InChI=1S/C8H4F2O2/c9-4-1-2-5(10)8-7(4)6(11)3-12-8/h1-2H,3H2. The molecular formula is C8H4F2O2. The monoisotopic (exact) mass is 170 g/mol. The lowest BCUT2D eigenvalue weighted by Gasteiger charge is -1.98. The number of hydrogen-bond acceptors (Lipinski definition) is 2. The van der Waals surface area contributed by atoms with Crippen molar-refractivity contribution in [2.24, 2.45) is 0 Å². The summed E-state index contributed by atoms with van der Waals surface area (Å²) in [5, 5.41) is 0. The Morgan fingerprint density at radius 3 is 2.58 bits per heavy atom. The number of Topliss-reactive ketones (excluding diaryl/α,β-unsaturated/α-hetero) is 1. The van der Waals surface area contributed by atoms with Gasteiger partial charge >= 0.3 is 0 Å². The number of carbonyl (C=O) groups excluding carboxylic acids is 1. The highest BCUT2D eigenvalue weighted by molar-refractivity contribution is 6.02. The van der Waals surface area contributed by atoms with E-state index in [-0.39, 0.29) is 17.9 Å². The van der Waals surface area contributed by atoms with Crippen LogP contribution in [-0.2, 0) is 0 Å². The van der Waals surface area contributed by atoms with Crippen molar-refractivity contribution in [3.8, 4) is 5.75 Å². The Kier molecular flexibility index (Phi) is 1.36. The molecule has 0 radical (unpaired) electrons. The highest BCUT2D eigenvalue weighted by Crippen LogP contribution is 2.30. The summed E-state index contributed by atoms with van der Waals surface area (Å²) < 4.78 is 30.3. The smallest absolute Gasteiger partial charge is 0.207 e. The van der Waals surface area contributed by atoms with Crippen molar-refractivity contribution in [1.82, 2.24) is 0 Å². The minimum atomic E-state index is -0.728. The van der Waals surface area contributed by atoms with E-state index < -0.39 is 17.4 Å². The molecule has 0 aromatic heterocycles. The predicted octanol–water partition coefficient (Wildman–Crippen LogP) is 1.54. The molecule has 0 saturated heterocycles. The van der Waals surface area contributed by atoms with Crippen LogP contribution in [0.4, 0.5) is 8.78 Å². The van der Waals surface area contributed by atoms with Gasteiger partial charge < -0.3 is 4.74 Å². The molecule has 1 aliphatic heterocycles. The van der Waals surface area contributed by atoms with Crippen molar-refractivity contribution < 1.29 is 18.3 Å². The molecule has 1 heterocycles. The Balaban J connectivity index is 2.72. The van der Waals surface area contributed by atoms with Crippen molar-refractivity contribution in [1.29, 1.82) is 0 Å². The minimum absolute atomic E-state index is 0.264. The van der Waals surface area contributed by atoms with E-state index in [1.807, 2.05) is 0 Å². The number of hydrogen-bond donors (Lipinski definition) is 0. The molecule has 0 N–H and O–H groups in total. The topological polar surface area (TPSA) is 26.3 Å². The third-order valence-corrected chi connectivity index (χ3v) is 1.69. The molecular weight excluding hydrogens is 166 g/mol. The number of carbonyl (C=O) groups is 1. The molecule has 0 atom stereocenters. The van der Waals surface area contributed by atoms with Crippen LogP contribution in [0.5, 0.6) is 5.75 Å². The van der Waals surface area contributed by atoms with Gasteiger partial charge in [-0.15, -0.1) is 0 Å². The summed E-state index contributed by atoms with van der Waals surface area (Å²) in [6.45, 7) is -0.271. The van der Waals surface area contributed by atoms with Crippen LogP contribution in [0.25, 0.3) is 0 Å². The van der Waals surface area contributed by atoms with E-state index in [9.17, 15) is 13.6 Å². The van der Waals surface area contributed by atoms with Crippen LogP contribution < -0.4 is 4.74 Å². The molecule has 0 aliphatic carbocycles. The fraction of sp³-hybridized carbons (Fsp3) is 0.125.